The molecule has 3 nitrogen and oxygen atoms in total. The first-order valence-corrected chi connectivity index (χ1v) is 18.3. The molecule has 0 spiro atoms. The van der Waals surface area contributed by atoms with Gasteiger partial charge >= 0.3 is 6.09 Å². The molecule has 1 amide bonds. The summed E-state index contributed by atoms with van der Waals surface area (Å²) >= 11 is 0. The number of hydrogen-bond acceptors (Lipinski definition) is 2. The van der Waals surface area contributed by atoms with E-state index in [4.69, 9.17) is 4.74 Å². The molecule has 0 unspecified atom stereocenters. The molecular formula is C37H57NO2. The van der Waals surface area contributed by atoms with E-state index in [1.807, 2.05) is 0 Å². The van der Waals surface area contributed by atoms with Crippen LogP contribution < -0.4 is 0 Å². The van der Waals surface area contributed by atoms with Crippen LogP contribution in [0.5, 0.6) is 0 Å². The summed E-state index contributed by atoms with van der Waals surface area (Å²) in [6.45, 7) is 2.61. The first kappa shape index (κ1) is 25.7. The van der Waals surface area contributed by atoms with Crippen molar-refractivity contribution in [1.29, 1.82) is 0 Å². The average molecular weight is 548 g/mol. The normalized spacial score (nSPS) is 52.5. The van der Waals surface area contributed by atoms with Crippen LogP contribution >= 0.6 is 0 Å². The van der Waals surface area contributed by atoms with Crippen LogP contribution in [0.3, 0.4) is 0 Å². The molecule has 0 aliphatic heterocycles. The third-order valence-electron chi connectivity index (χ3n) is 15.4. The maximum Gasteiger partial charge on any atom is 0.409 e. The fourth-order valence-corrected chi connectivity index (χ4v) is 15.3. The van der Waals surface area contributed by atoms with Crippen LogP contribution in [0.4, 0.5) is 4.79 Å². The van der Waals surface area contributed by atoms with Crippen LogP contribution in [-0.4, -0.2) is 30.7 Å². The van der Waals surface area contributed by atoms with Crippen molar-refractivity contribution in [1.82, 2.24) is 4.90 Å². The van der Waals surface area contributed by atoms with Gasteiger partial charge < -0.3 is 9.64 Å². The van der Waals surface area contributed by atoms with E-state index in [-0.39, 0.29) is 6.09 Å². The van der Waals surface area contributed by atoms with Crippen molar-refractivity contribution in [2.24, 2.45) is 69.5 Å². The fraction of sp³-hybridized carbons (Fsp3) is 0.973. The van der Waals surface area contributed by atoms with Crippen molar-refractivity contribution in [2.75, 3.05) is 19.7 Å². The molecule has 40 heavy (non-hydrogen) atoms. The number of carbonyl (C=O) groups is 1. The van der Waals surface area contributed by atoms with Gasteiger partial charge in [-0.15, -0.1) is 0 Å². The molecule has 12 fully saturated rings. The Morgan fingerprint density at radius 1 is 0.475 bits per heavy atom. The molecule has 0 aromatic heterocycles. The minimum atomic E-state index is 0.0548. The Labute approximate surface area is 244 Å². The van der Waals surface area contributed by atoms with Gasteiger partial charge in [0.2, 0.25) is 0 Å². The van der Waals surface area contributed by atoms with Gasteiger partial charge in [-0.3, -0.25) is 0 Å². The van der Waals surface area contributed by atoms with E-state index in [1.165, 1.54) is 128 Å². The molecule has 222 valence electrons. The van der Waals surface area contributed by atoms with Crippen LogP contribution in [0.2, 0.25) is 0 Å². The second-order valence-electron chi connectivity index (χ2n) is 18.6. The summed E-state index contributed by atoms with van der Waals surface area (Å²) in [6.07, 6.45) is 30.3. The predicted octanol–water partition coefficient (Wildman–Crippen LogP) is 9.24. The molecule has 0 saturated heterocycles. The minimum absolute atomic E-state index is 0.0548. The number of carbonyl (C=O) groups excluding carboxylic acids is 1. The highest BCUT2D eigenvalue weighted by molar-refractivity contribution is 5.67. The highest BCUT2D eigenvalue weighted by Crippen LogP contribution is 2.63. The van der Waals surface area contributed by atoms with Gasteiger partial charge in [-0.1, -0.05) is 0 Å². The SMILES string of the molecule is O=C(OCCC12CC3CC(CC(C3)C1)C2)N(CCC12CC3CC(CC(C3)C1)C2)CCC12CC3CC(CC(C3)C1)C2. The van der Waals surface area contributed by atoms with Crippen LogP contribution in [0.15, 0.2) is 0 Å². The lowest BCUT2D eigenvalue weighted by atomic mass is 9.48. The summed E-state index contributed by atoms with van der Waals surface area (Å²) < 4.78 is 6.27. The number of nitrogens with zero attached hydrogens (tertiary/aromatic N) is 1. The summed E-state index contributed by atoms with van der Waals surface area (Å²) in [7, 11) is 0. The summed E-state index contributed by atoms with van der Waals surface area (Å²) in [5.74, 6) is 8.95. The monoisotopic (exact) mass is 547 g/mol. The summed E-state index contributed by atoms with van der Waals surface area (Å²) in [5, 5.41) is 0. The molecule has 0 N–H and O–H groups in total. The van der Waals surface area contributed by atoms with Crippen molar-refractivity contribution in [2.45, 2.75) is 135 Å². The molecule has 12 bridgehead atoms. The van der Waals surface area contributed by atoms with Crippen LogP contribution in [0.25, 0.3) is 0 Å². The van der Waals surface area contributed by atoms with Crippen LogP contribution in [0.1, 0.15) is 135 Å². The Kier molecular flexibility index (Phi) is 6.04. The van der Waals surface area contributed by atoms with E-state index in [0.29, 0.717) is 22.9 Å². The Morgan fingerprint density at radius 3 is 1.05 bits per heavy atom. The molecule has 3 heteroatoms. The van der Waals surface area contributed by atoms with Gasteiger partial charge in [-0.25, -0.2) is 4.79 Å². The Morgan fingerprint density at radius 2 is 0.750 bits per heavy atom. The zero-order valence-electron chi connectivity index (χ0n) is 25.4. The fourth-order valence-electron chi connectivity index (χ4n) is 15.3. The molecule has 0 radical (unpaired) electrons. The van der Waals surface area contributed by atoms with Crippen molar-refractivity contribution in [3.8, 4) is 0 Å². The molecule has 12 rings (SSSR count). The van der Waals surface area contributed by atoms with E-state index in [1.54, 1.807) is 0 Å². The van der Waals surface area contributed by atoms with Crippen molar-refractivity contribution in [3.63, 3.8) is 0 Å². The number of amides is 1. The first-order valence-electron chi connectivity index (χ1n) is 18.3. The highest BCUT2D eigenvalue weighted by Gasteiger charge is 2.53. The lowest BCUT2D eigenvalue weighted by molar-refractivity contribution is -0.0708. The van der Waals surface area contributed by atoms with Gasteiger partial charge in [-0.05, 0) is 204 Å². The molecular weight excluding hydrogens is 490 g/mol. The molecule has 0 heterocycles. The van der Waals surface area contributed by atoms with E-state index in [0.717, 1.165) is 72.8 Å². The quantitative estimate of drug-likeness (QED) is 0.288. The van der Waals surface area contributed by atoms with Crippen LogP contribution in [-0.2, 0) is 4.74 Å². The van der Waals surface area contributed by atoms with E-state index >= 15 is 0 Å². The molecule has 12 aliphatic rings. The average Bonchev–Trinajstić information content (AvgIpc) is 2.86. The molecule has 12 aliphatic carbocycles. The maximum atomic E-state index is 13.9. The summed E-state index contributed by atoms with van der Waals surface area (Å²) in [6, 6.07) is 0. The number of ether oxygens (including phenoxy) is 1. The summed E-state index contributed by atoms with van der Waals surface area (Å²) in [4.78, 5) is 16.1. The highest BCUT2D eigenvalue weighted by atomic mass is 16.6. The molecule has 0 aromatic carbocycles. The standard InChI is InChI=1S/C37H57NO2/c39-34(40-6-3-37-22-31-13-32(23-37)15-33(14-31)24-37)38(4-1-35-16-25-7-26(17-35)9-27(8-25)18-35)5-2-36-19-28-10-29(20-36)12-30(11-28)21-36/h25-33H,1-24H2. The zero-order valence-corrected chi connectivity index (χ0v) is 25.4. The zero-order chi connectivity index (χ0) is 26.5. The largest absolute Gasteiger partial charge is 0.449 e. The maximum absolute atomic E-state index is 13.9. The number of hydrogen-bond donors (Lipinski definition) is 0. The first-order chi connectivity index (χ1) is 19.4. The third-order valence-corrected chi connectivity index (χ3v) is 15.4. The Bertz CT molecular complexity index is 844. The van der Waals surface area contributed by atoms with E-state index in [9.17, 15) is 4.79 Å². The Balaban J connectivity index is 0.864. The van der Waals surface area contributed by atoms with Gasteiger partial charge in [-0.2, -0.15) is 0 Å². The van der Waals surface area contributed by atoms with Gasteiger partial charge in [0.1, 0.15) is 0 Å². The molecule has 0 aromatic rings. The molecule has 12 saturated carbocycles. The lowest BCUT2D eigenvalue weighted by Gasteiger charge is -2.58. The summed E-state index contributed by atoms with van der Waals surface area (Å²) in [5.41, 5.74) is 1.61. The van der Waals surface area contributed by atoms with Gasteiger partial charge in [0.05, 0.1) is 6.61 Å². The van der Waals surface area contributed by atoms with E-state index in [2.05, 4.69) is 4.90 Å². The smallest absolute Gasteiger partial charge is 0.409 e. The minimum Gasteiger partial charge on any atom is -0.449 e. The van der Waals surface area contributed by atoms with Gasteiger partial charge in [0, 0.05) is 13.1 Å². The van der Waals surface area contributed by atoms with Crippen LogP contribution in [0, 0.1) is 69.5 Å². The van der Waals surface area contributed by atoms with Gasteiger partial charge in [0.25, 0.3) is 0 Å². The molecule has 0 atom stereocenters. The third kappa shape index (κ3) is 4.60. The van der Waals surface area contributed by atoms with Crippen molar-refractivity contribution in [3.05, 3.63) is 0 Å². The number of rotatable bonds is 9. The predicted molar refractivity (Wildman–Crippen MR) is 159 cm³/mol. The second kappa shape index (κ2) is 9.38. The second-order valence-corrected chi connectivity index (χ2v) is 18.6. The van der Waals surface area contributed by atoms with E-state index < -0.39 is 0 Å². The van der Waals surface area contributed by atoms with Gasteiger partial charge in [0.15, 0.2) is 0 Å². The van der Waals surface area contributed by atoms with Crippen molar-refractivity contribution < 1.29 is 9.53 Å². The van der Waals surface area contributed by atoms with Crippen molar-refractivity contribution >= 4 is 6.09 Å². The topological polar surface area (TPSA) is 29.5 Å². The lowest BCUT2D eigenvalue weighted by Crippen LogP contribution is -2.49. The Hall–Kier alpha value is -0.730.